The van der Waals surface area contributed by atoms with Crippen LogP contribution in [0.15, 0.2) is 53.3 Å². The lowest BCUT2D eigenvalue weighted by Crippen LogP contribution is -2.46. The van der Waals surface area contributed by atoms with Crippen molar-refractivity contribution < 1.29 is 9.47 Å². The quantitative estimate of drug-likeness (QED) is 0.558. The summed E-state index contributed by atoms with van der Waals surface area (Å²) in [6.45, 7) is 7.88. The van der Waals surface area contributed by atoms with Crippen molar-refractivity contribution >= 4 is 22.8 Å². The summed E-state index contributed by atoms with van der Waals surface area (Å²) in [7, 11) is 0. The molecule has 0 spiro atoms. The zero-order chi connectivity index (χ0) is 22.6. The molecule has 1 unspecified atom stereocenters. The maximum Gasteiger partial charge on any atom is 0.249 e. The fraction of sp³-hybridized carbons (Fsp3) is 0.385. The first-order valence-corrected chi connectivity index (χ1v) is 11.7. The summed E-state index contributed by atoms with van der Waals surface area (Å²) in [6, 6.07) is 13.4. The number of ether oxygens (including phenoxy) is 2. The van der Waals surface area contributed by atoms with E-state index in [1.54, 1.807) is 6.07 Å². The molecule has 1 saturated heterocycles. The molecule has 0 radical (unpaired) electrons. The van der Waals surface area contributed by atoms with Gasteiger partial charge in [0.1, 0.15) is 11.8 Å². The van der Waals surface area contributed by atoms with Gasteiger partial charge in [-0.15, -0.1) is 0 Å². The maximum absolute atomic E-state index is 11.5. The molecule has 1 aromatic carbocycles. The molecule has 2 aromatic heterocycles. The minimum absolute atomic E-state index is 0.120. The minimum atomic E-state index is -0.154. The molecule has 0 saturated carbocycles. The molecule has 0 aliphatic carbocycles. The van der Waals surface area contributed by atoms with Crippen LogP contribution < -0.4 is 19.9 Å². The van der Waals surface area contributed by atoms with Crippen LogP contribution in [0.5, 0.6) is 11.6 Å². The Hall–Kier alpha value is -3.32. The van der Waals surface area contributed by atoms with Gasteiger partial charge >= 0.3 is 0 Å². The third-order valence-corrected chi connectivity index (χ3v) is 6.26. The summed E-state index contributed by atoms with van der Waals surface area (Å²) >= 11 is 0. The maximum atomic E-state index is 11.5. The Labute approximate surface area is 193 Å². The van der Waals surface area contributed by atoms with Crippen LogP contribution in [0.1, 0.15) is 25.3 Å². The predicted octanol–water partition coefficient (Wildman–Crippen LogP) is 3.70. The van der Waals surface area contributed by atoms with Crippen molar-refractivity contribution in [1.29, 1.82) is 0 Å². The normalized spacial score (nSPS) is 18.2. The summed E-state index contributed by atoms with van der Waals surface area (Å²) in [4.78, 5) is 23.6. The highest BCUT2D eigenvalue weighted by Crippen LogP contribution is 2.36. The smallest absolute Gasteiger partial charge is 0.249 e. The molecule has 0 amide bonds. The molecule has 5 rings (SSSR count). The van der Waals surface area contributed by atoms with Crippen LogP contribution in [0.3, 0.4) is 0 Å². The lowest BCUT2D eigenvalue weighted by atomic mass is 10.1. The van der Waals surface area contributed by atoms with E-state index in [9.17, 15) is 4.79 Å². The number of unbranched alkanes of at least 4 members (excludes halogenated alkanes) is 1. The van der Waals surface area contributed by atoms with Crippen molar-refractivity contribution in [3.05, 3.63) is 64.5 Å². The van der Waals surface area contributed by atoms with Crippen LogP contribution in [0.4, 0.5) is 5.69 Å². The van der Waals surface area contributed by atoms with E-state index < -0.39 is 0 Å². The SMILES string of the molecule is CC1C=Cc2cccc(N3CCN(CCCCOc4ccc5ccc(=O)[nH]c5n4)CC3)c2O1. The number of fused-ring (bicyclic) bond motifs is 2. The Kier molecular flexibility index (Phi) is 6.30. The van der Waals surface area contributed by atoms with Crippen molar-refractivity contribution in [3.63, 3.8) is 0 Å². The fourth-order valence-corrected chi connectivity index (χ4v) is 4.43. The van der Waals surface area contributed by atoms with Gasteiger partial charge in [0.25, 0.3) is 0 Å². The van der Waals surface area contributed by atoms with Gasteiger partial charge in [0.05, 0.1) is 12.3 Å². The first-order valence-electron chi connectivity index (χ1n) is 11.7. The van der Waals surface area contributed by atoms with Crippen LogP contribution in [0, 0.1) is 0 Å². The number of H-pyrrole nitrogens is 1. The van der Waals surface area contributed by atoms with Crippen molar-refractivity contribution in [2.75, 3.05) is 44.2 Å². The summed E-state index contributed by atoms with van der Waals surface area (Å²) in [5.74, 6) is 1.57. The van der Waals surface area contributed by atoms with E-state index >= 15 is 0 Å². The highest BCUT2D eigenvalue weighted by atomic mass is 16.5. The fourth-order valence-electron chi connectivity index (χ4n) is 4.43. The molecule has 3 aromatic rings. The van der Waals surface area contributed by atoms with Crippen LogP contribution >= 0.6 is 0 Å². The number of nitrogens with one attached hydrogen (secondary N) is 1. The van der Waals surface area contributed by atoms with Crippen molar-refractivity contribution in [2.24, 2.45) is 0 Å². The molecule has 0 bridgehead atoms. The molecule has 1 fully saturated rings. The highest BCUT2D eigenvalue weighted by molar-refractivity contribution is 5.74. The van der Waals surface area contributed by atoms with Gasteiger partial charge in [-0.05, 0) is 50.6 Å². The number of para-hydroxylation sites is 1. The second-order valence-electron chi connectivity index (χ2n) is 8.67. The number of rotatable bonds is 7. The van der Waals surface area contributed by atoms with Gasteiger partial charge in [-0.1, -0.05) is 18.2 Å². The van der Waals surface area contributed by atoms with Crippen LogP contribution in [0.25, 0.3) is 17.1 Å². The predicted molar refractivity (Wildman–Crippen MR) is 131 cm³/mol. The van der Waals surface area contributed by atoms with E-state index in [4.69, 9.17) is 9.47 Å². The number of aromatic amines is 1. The molecule has 1 atom stereocenters. The topological polar surface area (TPSA) is 70.7 Å². The summed E-state index contributed by atoms with van der Waals surface area (Å²) in [5, 5.41) is 0.898. The summed E-state index contributed by atoms with van der Waals surface area (Å²) < 4.78 is 11.9. The number of aromatic nitrogens is 2. The van der Waals surface area contributed by atoms with E-state index in [2.05, 4.69) is 57.0 Å². The van der Waals surface area contributed by atoms with Crippen LogP contribution in [-0.2, 0) is 0 Å². The molecule has 1 N–H and O–H groups in total. The lowest BCUT2D eigenvalue weighted by Gasteiger charge is -2.37. The standard InChI is InChI=1S/C26H30N4O3/c1-19-7-8-20-5-4-6-22(25(20)33-19)30-16-14-29(15-17-30)13-2-3-18-32-24-12-10-21-9-11-23(31)27-26(21)28-24/h4-12,19H,2-3,13-18H2,1H3,(H,27,28,31). The van der Waals surface area contributed by atoms with Gasteiger partial charge in [-0.25, -0.2) is 0 Å². The average Bonchev–Trinajstić information content (AvgIpc) is 2.83. The number of benzene rings is 1. The van der Waals surface area contributed by atoms with Gasteiger partial charge in [0, 0.05) is 49.3 Å². The highest BCUT2D eigenvalue weighted by Gasteiger charge is 2.22. The third kappa shape index (κ3) is 5.03. The largest absolute Gasteiger partial charge is 0.484 e. The Balaban J connectivity index is 1.06. The van der Waals surface area contributed by atoms with Crippen molar-refractivity contribution in [2.45, 2.75) is 25.9 Å². The summed E-state index contributed by atoms with van der Waals surface area (Å²) in [5.41, 5.74) is 2.79. The molecule has 172 valence electrons. The first-order chi connectivity index (χ1) is 16.2. The molecule has 4 heterocycles. The molecule has 33 heavy (non-hydrogen) atoms. The van der Waals surface area contributed by atoms with Gasteiger partial charge in [-0.2, -0.15) is 4.98 Å². The van der Waals surface area contributed by atoms with Crippen molar-refractivity contribution in [1.82, 2.24) is 14.9 Å². The Morgan fingerprint density at radius 1 is 1.09 bits per heavy atom. The van der Waals surface area contributed by atoms with E-state index in [1.807, 2.05) is 12.1 Å². The second kappa shape index (κ2) is 9.67. The number of anilines is 1. The van der Waals surface area contributed by atoms with Gasteiger partial charge in [-0.3, -0.25) is 9.69 Å². The Morgan fingerprint density at radius 2 is 1.94 bits per heavy atom. The molecular weight excluding hydrogens is 416 g/mol. The number of pyridine rings is 2. The van der Waals surface area contributed by atoms with E-state index in [-0.39, 0.29) is 11.7 Å². The number of nitrogens with zero attached hydrogens (tertiary/aromatic N) is 3. The first kappa shape index (κ1) is 21.5. The second-order valence-corrected chi connectivity index (χ2v) is 8.67. The molecular formula is C26H30N4O3. The van der Waals surface area contributed by atoms with Crippen LogP contribution in [-0.4, -0.2) is 60.3 Å². The Morgan fingerprint density at radius 3 is 2.82 bits per heavy atom. The zero-order valence-electron chi connectivity index (χ0n) is 19.0. The van der Waals surface area contributed by atoms with E-state index in [0.717, 1.165) is 56.7 Å². The number of piperazine rings is 1. The van der Waals surface area contributed by atoms with Gasteiger partial charge in [0.2, 0.25) is 11.4 Å². The van der Waals surface area contributed by atoms with Gasteiger partial charge < -0.3 is 19.4 Å². The van der Waals surface area contributed by atoms with Gasteiger partial charge in [0.15, 0.2) is 5.75 Å². The summed E-state index contributed by atoms with van der Waals surface area (Å²) in [6.07, 6.45) is 6.43. The van der Waals surface area contributed by atoms with Crippen LogP contribution in [0.2, 0.25) is 0 Å². The Bertz CT molecular complexity index is 1200. The monoisotopic (exact) mass is 446 g/mol. The minimum Gasteiger partial charge on any atom is -0.484 e. The van der Waals surface area contributed by atoms with Crippen molar-refractivity contribution in [3.8, 4) is 11.6 Å². The molecule has 2 aliphatic heterocycles. The number of hydrogen-bond acceptors (Lipinski definition) is 6. The van der Waals surface area contributed by atoms with E-state index in [0.29, 0.717) is 18.1 Å². The third-order valence-electron chi connectivity index (χ3n) is 6.26. The molecule has 2 aliphatic rings. The average molecular weight is 447 g/mol. The zero-order valence-corrected chi connectivity index (χ0v) is 19.0. The molecule has 7 nitrogen and oxygen atoms in total. The number of hydrogen-bond donors (Lipinski definition) is 1. The lowest BCUT2D eigenvalue weighted by molar-refractivity contribution is 0.234. The molecule has 7 heteroatoms. The van der Waals surface area contributed by atoms with E-state index in [1.165, 1.54) is 17.3 Å².